The number of rotatable bonds is 5. The Morgan fingerprint density at radius 2 is 1.20 bits per heavy atom. The molecule has 2 aromatic carbocycles. The molecule has 35 heavy (non-hydrogen) atoms. The van der Waals surface area contributed by atoms with Crippen LogP contribution in [-0.2, 0) is 9.47 Å². The summed E-state index contributed by atoms with van der Waals surface area (Å²) < 4.78 is 12.5. The van der Waals surface area contributed by atoms with Crippen LogP contribution in [0.15, 0.2) is 60.7 Å². The summed E-state index contributed by atoms with van der Waals surface area (Å²) in [4.78, 5) is 26.4. The number of hydrogen-bond acceptors (Lipinski definition) is 4. The smallest absolute Gasteiger partial charge is 0.338 e. The van der Waals surface area contributed by atoms with Gasteiger partial charge in [0.25, 0.3) is 0 Å². The molecule has 2 aromatic rings. The molecule has 0 spiro atoms. The summed E-state index contributed by atoms with van der Waals surface area (Å²) in [5.74, 6) is 1.51. The van der Waals surface area contributed by atoms with Crippen LogP contribution in [0.1, 0.15) is 73.6 Å². The summed E-state index contributed by atoms with van der Waals surface area (Å²) in [5.41, 5.74) is 1.69. The zero-order valence-electron chi connectivity index (χ0n) is 21.0. The van der Waals surface area contributed by atoms with Crippen molar-refractivity contribution in [3.05, 3.63) is 71.8 Å². The van der Waals surface area contributed by atoms with Gasteiger partial charge in [0.15, 0.2) is 0 Å². The Balaban J connectivity index is 1.36. The zero-order valence-corrected chi connectivity index (χ0v) is 21.0. The molecule has 5 aliphatic carbocycles. The summed E-state index contributed by atoms with van der Waals surface area (Å²) in [7, 11) is 0. The molecule has 184 valence electrons. The Morgan fingerprint density at radius 1 is 0.743 bits per heavy atom. The van der Waals surface area contributed by atoms with Crippen molar-refractivity contribution in [1.29, 1.82) is 0 Å². The average molecular weight is 473 g/mol. The summed E-state index contributed by atoms with van der Waals surface area (Å²) in [5, 5.41) is 0. The van der Waals surface area contributed by atoms with E-state index < -0.39 is 0 Å². The molecule has 6 unspecified atom stereocenters. The molecule has 5 fully saturated rings. The molecule has 7 rings (SSSR count). The fourth-order valence-electron chi connectivity index (χ4n) is 8.79. The number of carbonyl (C=O) groups excluding carboxylic acids is 2. The van der Waals surface area contributed by atoms with Gasteiger partial charge in [-0.05, 0) is 85.0 Å². The second-order valence-corrected chi connectivity index (χ2v) is 12.1. The summed E-state index contributed by atoms with van der Waals surface area (Å²) >= 11 is 0. The fourth-order valence-corrected chi connectivity index (χ4v) is 8.79. The summed E-state index contributed by atoms with van der Waals surface area (Å²) in [6.45, 7) is 7.24. The maximum Gasteiger partial charge on any atom is 0.338 e. The van der Waals surface area contributed by atoms with Gasteiger partial charge in [-0.25, -0.2) is 9.59 Å². The standard InChI is InChI=1S/C31H36O4/c1-19(2)31-16-14-30(3,15-17-31)24-22-18-23(25(24)31)27(35-29(33)21-12-8-5-9-13-21)26(22)34-28(32)20-10-6-4-7-11-20/h4-13,19,22-27H,14-18H2,1-3H3. The lowest BCUT2D eigenvalue weighted by molar-refractivity contribution is -0.198. The molecule has 0 amide bonds. The molecule has 0 aliphatic heterocycles. The van der Waals surface area contributed by atoms with Gasteiger partial charge in [-0.1, -0.05) is 57.2 Å². The highest BCUT2D eigenvalue weighted by atomic mass is 16.6. The van der Waals surface area contributed by atoms with Crippen molar-refractivity contribution < 1.29 is 19.1 Å². The number of esters is 2. The van der Waals surface area contributed by atoms with Crippen LogP contribution in [0.2, 0.25) is 0 Å². The lowest BCUT2D eigenvalue weighted by atomic mass is 9.40. The Hall–Kier alpha value is -2.62. The van der Waals surface area contributed by atoms with E-state index in [0.29, 0.717) is 34.3 Å². The lowest BCUT2D eigenvalue weighted by Gasteiger charge is -2.65. The first-order valence-corrected chi connectivity index (χ1v) is 13.4. The van der Waals surface area contributed by atoms with Crippen molar-refractivity contribution in [1.82, 2.24) is 0 Å². The van der Waals surface area contributed by atoms with Crippen LogP contribution in [0.3, 0.4) is 0 Å². The Bertz CT molecular complexity index is 1100. The maximum absolute atomic E-state index is 13.2. The van der Waals surface area contributed by atoms with E-state index in [-0.39, 0.29) is 41.4 Å². The average Bonchev–Trinajstić information content (AvgIpc) is 3.44. The first kappa shape index (κ1) is 22.8. The Morgan fingerprint density at radius 3 is 1.66 bits per heavy atom. The second-order valence-electron chi connectivity index (χ2n) is 12.1. The molecule has 5 aliphatic rings. The molecule has 4 nitrogen and oxygen atoms in total. The van der Waals surface area contributed by atoms with Crippen molar-refractivity contribution in [2.75, 3.05) is 0 Å². The lowest BCUT2D eigenvalue weighted by Crippen LogP contribution is -2.62. The maximum atomic E-state index is 13.2. The normalized spacial score (nSPS) is 38.9. The SMILES string of the molecule is CC(C)C12CCC(C)(CC1)C1C3CC(C(OC(=O)c4ccccc4)C3OC(=O)c3ccccc3)C12. The van der Waals surface area contributed by atoms with Gasteiger partial charge in [0.05, 0.1) is 11.1 Å². The van der Waals surface area contributed by atoms with E-state index >= 15 is 0 Å². The van der Waals surface area contributed by atoms with E-state index in [1.165, 1.54) is 25.7 Å². The molecule has 4 heteroatoms. The highest BCUT2D eigenvalue weighted by Gasteiger charge is 2.73. The van der Waals surface area contributed by atoms with Gasteiger partial charge in [0.2, 0.25) is 0 Å². The van der Waals surface area contributed by atoms with Crippen LogP contribution in [0.5, 0.6) is 0 Å². The molecular weight excluding hydrogens is 436 g/mol. The van der Waals surface area contributed by atoms with Gasteiger partial charge in [-0.2, -0.15) is 0 Å². The third-order valence-electron chi connectivity index (χ3n) is 10.5. The van der Waals surface area contributed by atoms with Gasteiger partial charge in [0, 0.05) is 11.8 Å². The molecule has 4 bridgehead atoms. The van der Waals surface area contributed by atoms with Gasteiger partial charge < -0.3 is 9.47 Å². The van der Waals surface area contributed by atoms with Crippen molar-refractivity contribution in [3.8, 4) is 0 Å². The molecule has 6 atom stereocenters. The molecule has 0 saturated heterocycles. The van der Waals surface area contributed by atoms with E-state index in [0.717, 1.165) is 6.42 Å². The fraction of sp³-hybridized carbons (Fsp3) is 0.548. The minimum atomic E-state index is -0.389. The quantitative estimate of drug-likeness (QED) is 0.463. The topological polar surface area (TPSA) is 52.6 Å². The molecular formula is C31H36O4. The molecule has 0 N–H and O–H groups in total. The summed E-state index contributed by atoms with van der Waals surface area (Å²) in [6, 6.07) is 18.4. The van der Waals surface area contributed by atoms with E-state index in [1.54, 1.807) is 24.3 Å². The molecule has 0 aromatic heterocycles. The van der Waals surface area contributed by atoms with Gasteiger partial charge in [-0.3, -0.25) is 0 Å². The van der Waals surface area contributed by atoms with Gasteiger partial charge >= 0.3 is 11.9 Å². The van der Waals surface area contributed by atoms with E-state index in [2.05, 4.69) is 20.8 Å². The molecule has 0 heterocycles. The van der Waals surface area contributed by atoms with E-state index in [4.69, 9.17) is 9.47 Å². The van der Waals surface area contributed by atoms with Crippen molar-refractivity contribution in [3.63, 3.8) is 0 Å². The largest absolute Gasteiger partial charge is 0.455 e. The second kappa shape index (κ2) is 8.21. The van der Waals surface area contributed by atoms with Crippen molar-refractivity contribution in [2.45, 2.75) is 65.1 Å². The first-order valence-electron chi connectivity index (χ1n) is 13.4. The predicted octanol–water partition coefficient (Wildman–Crippen LogP) is 6.56. The highest BCUT2D eigenvalue weighted by molar-refractivity contribution is 5.90. The number of carbonyl (C=O) groups is 2. The van der Waals surface area contributed by atoms with Crippen LogP contribution in [0, 0.1) is 40.4 Å². The molecule has 0 radical (unpaired) electrons. The third kappa shape index (κ3) is 3.39. The van der Waals surface area contributed by atoms with E-state index in [1.807, 2.05) is 36.4 Å². The first-order chi connectivity index (χ1) is 16.8. The predicted molar refractivity (Wildman–Crippen MR) is 134 cm³/mol. The van der Waals surface area contributed by atoms with Crippen molar-refractivity contribution >= 4 is 11.9 Å². The van der Waals surface area contributed by atoms with Crippen molar-refractivity contribution in [2.24, 2.45) is 40.4 Å². The van der Waals surface area contributed by atoms with Gasteiger partial charge in [-0.15, -0.1) is 0 Å². The van der Waals surface area contributed by atoms with Crippen LogP contribution in [0.4, 0.5) is 0 Å². The number of benzene rings is 2. The monoisotopic (exact) mass is 472 g/mol. The van der Waals surface area contributed by atoms with Crippen LogP contribution in [0.25, 0.3) is 0 Å². The van der Waals surface area contributed by atoms with Crippen LogP contribution in [-0.4, -0.2) is 24.1 Å². The zero-order chi connectivity index (χ0) is 24.4. The molecule has 5 saturated carbocycles. The van der Waals surface area contributed by atoms with Gasteiger partial charge in [0.1, 0.15) is 12.2 Å². The number of ether oxygens (including phenoxy) is 2. The summed E-state index contributed by atoms with van der Waals surface area (Å²) in [6.07, 6.45) is 5.24. The number of fused-ring (bicyclic) bond motifs is 4. The Kier molecular flexibility index (Phi) is 5.36. The van der Waals surface area contributed by atoms with Crippen LogP contribution < -0.4 is 0 Å². The highest BCUT2D eigenvalue weighted by Crippen LogP contribution is 2.75. The van der Waals surface area contributed by atoms with E-state index in [9.17, 15) is 9.59 Å². The minimum Gasteiger partial charge on any atom is -0.455 e. The third-order valence-corrected chi connectivity index (χ3v) is 10.5. The Labute approximate surface area is 208 Å². The number of hydrogen-bond donors (Lipinski definition) is 0. The van der Waals surface area contributed by atoms with Crippen LogP contribution >= 0.6 is 0 Å². The minimum absolute atomic E-state index is 0.244.